The molecule has 1 heterocycles. The highest BCUT2D eigenvalue weighted by Gasteiger charge is 2.13. The highest BCUT2D eigenvalue weighted by Crippen LogP contribution is 2.17. The van der Waals surface area contributed by atoms with Crippen molar-refractivity contribution in [2.24, 2.45) is 5.73 Å². The van der Waals surface area contributed by atoms with E-state index >= 15 is 0 Å². The van der Waals surface area contributed by atoms with Crippen LogP contribution in [0.2, 0.25) is 0 Å². The second-order valence-corrected chi connectivity index (χ2v) is 5.08. The van der Waals surface area contributed by atoms with E-state index in [1.165, 1.54) is 11.6 Å². The third-order valence-corrected chi connectivity index (χ3v) is 3.34. The largest absolute Gasteiger partial charge is 0.328 e. The SMILES string of the molecule is Cc1nn(Cc2ccccc2F)c(C)c1CC(C)N. The molecule has 1 aromatic heterocycles. The zero-order valence-electron chi connectivity index (χ0n) is 11.7. The van der Waals surface area contributed by atoms with Gasteiger partial charge in [0.05, 0.1) is 12.2 Å². The molecular weight excluding hydrogens is 241 g/mol. The van der Waals surface area contributed by atoms with Crippen LogP contribution in [0, 0.1) is 19.7 Å². The van der Waals surface area contributed by atoms with Crippen LogP contribution in [0.25, 0.3) is 0 Å². The first kappa shape index (κ1) is 13.7. The van der Waals surface area contributed by atoms with Gasteiger partial charge in [-0.25, -0.2) is 4.39 Å². The summed E-state index contributed by atoms with van der Waals surface area (Å²) in [6.07, 6.45) is 0.801. The number of hydrogen-bond donors (Lipinski definition) is 1. The van der Waals surface area contributed by atoms with Crippen LogP contribution in [0.4, 0.5) is 4.39 Å². The van der Waals surface area contributed by atoms with Gasteiger partial charge in [-0.15, -0.1) is 0 Å². The second-order valence-electron chi connectivity index (χ2n) is 5.08. The summed E-state index contributed by atoms with van der Waals surface area (Å²) in [5, 5.41) is 4.49. The molecule has 0 saturated heterocycles. The molecule has 2 rings (SSSR count). The predicted octanol–water partition coefficient (Wildman–Crippen LogP) is 2.58. The van der Waals surface area contributed by atoms with Crippen LogP contribution in [-0.4, -0.2) is 15.8 Å². The third-order valence-electron chi connectivity index (χ3n) is 3.34. The summed E-state index contributed by atoms with van der Waals surface area (Å²) >= 11 is 0. The predicted molar refractivity (Wildman–Crippen MR) is 74.6 cm³/mol. The van der Waals surface area contributed by atoms with Gasteiger partial charge in [0.2, 0.25) is 0 Å². The van der Waals surface area contributed by atoms with E-state index in [4.69, 9.17) is 5.73 Å². The third kappa shape index (κ3) is 3.01. The maximum absolute atomic E-state index is 13.7. The monoisotopic (exact) mass is 261 g/mol. The Balaban J connectivity index is 2.29. The Kier molecular flexibility index (Phi) is 4.00. The van der Waals surface area contributed by atoms with E-state index in [-0.39, 0.29) is 11.9 Å². The number of rotatable bonds is 4. The number of nitrogens with two attached hydrogens (primary N) is 1. The minimum atomic E-state index is -0.191. The maximum Gasteiger partial charge on any atom is 0.128 e. The van der Waals surface area contributed by atoms with Crippen molar-refractivity contribution >= 4 is 0 Å². The molecule has 0 aliphatic carbocycles. The number of hydrogen-bond acceptors (Lipinski definition) is 2. The molecular formula is C15H20FN3. The van der Waals surface area contributed by atoms with Gasteiger partial charge in [0.1, 0.15) is 5.82 Å². The van der Waals surface area contributed by atoms with Gasteiger partial charge in [-0.1, -0.05) is 18.2 Å². The molecule has 4 heteroatoms. The second kappa shape index (κ2) is 5.53. The van der Waals surface area contributed by atoms with Crippen molar-refractivity contribution in [2.75, 3.05) is 0 Å². The molecule has 19 heavy (non-hydrogen) atoms. The van der Waals surface area contributed by atoms with Crippen molar-refractivity contribution in [2.45, 2.75) is 39.8 Å². The van der Waals surface area contributed by atoms with E-state index in [1.54, 1.807) is 12.1 Å². The highest BCUT2D eigenvalue weighted by molar-refractivity contribution is 5.27. The quantitative estimate of drug-likeness (QED) is 0.919. The Morgan fingerprint density at radius 3 is 2.63 bits per heavy atom. The van der Waals surface area contributed by atoms with Crippen molar-refractivity contribution in [1.29, 1.82) is 0 Å². The van der Waals surface area contributed by atoms with Crippen LogP contribution < -0.4 is 5.73 Å². The molecule has 0 aliphatic rings. The maximum atomic E-state index is 13.7. The number of aromatic nitrogens is 2. The van der Waals surface area contributed by atoms with Gasteiger partial charge in [-0.2, -0.15) is 5.10 Å². The van der Waals surface area contributed by atoms with Crippen LogP contribution in [0.15, 0.2) is 24.3 Å². The molecule has 102 valence electrons. The molecule has 0 radical (unpaired) electrons. The smallest absolute Gasteiger partial charge is 0.128 e. The van der Waals surface area contributed by atoms with Crippen LogP contribution in [0.5, 0.6) is 0 Å². The molecule has 0 fully saturated rings. The first-order chi connectivity index (χ1) is 8.99. The molecule has 1 aromatic carbocycles. The summed E-state index contributed by atoms with van der Waals surface area (Å²) in [5.41, 5.74) is 9.72. The van der Waals surface area contributed by atoms with Crippen LogP contribution >= 0.6 is 0 Å². The minimum absolute atomic E-state index is 0.100. The molecule has 0 aliphatic heterocycles. The molecule has 3 nitrogen and oxygen atoms in total. The average Bonchev–Trinajstić information content (AvgIpc) is 2.60. The summed E-state index contributed by atoms with van der Waals surface area (Å²) in [6.45, 7) is 6.42. The molecule has 0 saturated carbocycles. The van der Waals surface area contributed by atoms with Crippen LogP contribution in [-0.2, 0) is 13.0 Å². The van der Waals surface area contributed by atoms with Gasteiger partial charge in [0.25, 0.3) is 0 Å². The summed E-state index contributed by atoms with van der Waals surface area (Å²) in [4.78, 5) is 0. The normalized spacial score (nSPS) is 12.7. The van der Waals surface area contributed by atoms with E-state index in [2.05, 4.69) is 5.10 Å². The fourth-order valence-corrected chi connectivity index (χ4v) is 2.29. The average molecular weight is 261 g/mol. The van der Waals surface area contributed by atoms with Gasteiger partial charge in [-0.3, -0.25) is 4.68 Å². The lowest BCUT2D eigenvalue weighted by Gasteiger charge is -2.08. The Bertz CT molecular complexity index is 573. The first-order valence-electron chi connectivity index (χ1n) is 6.51. The van der Waals surface area contributed by atoms with Gasteiger partial charge >= 0.3 is 0 Å². The summed E-state index contributed by atoms with van der Waals surface area (Å²) in [7, 11) is 0. The Morgan fingerprint density at radius 1 is 1.32 bits per heavy atom. The van der Waals surface area contributed by atoms with E-state index in [1.807, 2.05) is 31.5 Å². The number of halogens is 1. The van der Waals surface area contributed by atoms with Gasteiger partial charge in [-0.05, 0) is 38.8 Å². The standard InChI is InChI=1S/C15H20FN3/c1-10(17)8-14-11(2)18-19(12(14)3)9-13-6-4-5-7-15(13)16/h4-7,10H,8-9,17H2,1-3H3. The number of benzene rings is 1. The number of aryl methyl sites for hydroxylation is 1. The molecule has 1 atom stereocenters. The Morgan fingerprint density at radius 2 is 2.00 bits per heavy atom. The lowest BCUT2D eigenvalue weighted by molar-refractivity contribution is 0.578. The fourth-order valence-electron chi connectivity index (χ4n) is 2.29. The minimum Gasteiger partial charge on any atom is -0.328 e. The Labute approximate surface area is 113 Å². The molecule has 2 aromatic rings. The number of nitrogens with zero attached hydrogens (tertiary/aromatic N) is 2. The highest BCUT2D eigenvalue weighted by atomic mass is 19.1. The van der Waals surface area contributed by atoms with E-state index in [0.717, 1.165) is 17.8 Å². The molecule has 2 N–H and O–H groups in total. The van der Waals surface area contributed by atoms with Crippen molar-refractivity contribution in [1.82, 2.24) is 9.78 Å². The molecule has 0 amide bonds. The van der Waals surface area contributed by atoms with Gasteiger partial charge < -0.3 is 5.73 Å². The first-order valence-corrected chi connectivity index (χ1v) is 6.51. The molecule has 0 spiro atoms. The van der Waals surface area contributed by atoms with Crippen LogP contribution in [0.3, 0.4) is 0 Å². The molecule has 0 bridgehead atoms. The van der Waals surface area contributed by atoms with Crippen LogP contribution in [0.1, 0.15) is 29.4 Å². The topological polar surface area (TPSA) is 43.8 Å². The van der Waals surface area contributed by atoms with Gasteiger partial charge in [0.15, 0.2) is 0 Å². The lowest BCUT2D eigenvalue weighted by atomic mass is 10.1. The van der Waals surface area contributed by atoms with Gasteiger partial charge in [0, 0.05) is 17.3 Å². The zero-order valence-corrected chi connectivity index (χ0v) is 11.7. The van der Waals surface area contributed by atoms with Crippen molar-refractivity contribution < 1.29 is 4.39 Å². The van der Waals surface area contributed by atoms with Crippen molar-refractivity contribution in [3.8, 4) is 0 Å². The van der Waals surface area contributed by atoms with Crippen molar-refractivity contribution in [3.63, 3.8) is 0 Å². The van der Waals surface area contributed by atoms with E-state index in [9.17, 15) is 4.39 Å². The fraction of sp³-hybridized carbons (Fsp3) is 0.400. The summed E-state index contributed by atoms with van der Waals surface area (Å²) in [6, 6.07) is 6.90. The summed E-state index contributed by atoms with van der Waals surface area (Å²) < 4.78 is 15.5. The Hall–Kier alpha value is -1.68. The van der Waals surface area contributed by atoms with E-state index in [0.29, 0.717) is 12.1 Å². The van der Waals surface area contributed by atoms with E-state index < -0.39 is 0 Å². The molecule has 1 unspecified atom stereocenters. The zero-order chi connectivity index (χ0) is 14.0. The van der Waals surface area contributed by atoms with Crippen molar-refractivity contribution in [3.05, 3.63) is 52.6 Å². The summed E-state index contributed by atoms with van der Waals surface area (Å²) in [5.74, 6) is -0.191. The lowest BCUT2D eigenvalue weighted by Crippen LogP contribution is -2.18.